The van der Waals surface area contributed by atoms with E-state index in [1.54, 1.807) is 7.11 Å². The summed E-state index contributed by atoms with van der Waals surface area (Å²) in [6, 6.07) is 11.0. The van der Waals surface area contributed by atoms with Crippen LogP contribution in [-0.2, 0) is 4.74 Å². The minimum atomic E-state index is -1.12. The fourth-order valence-electron chi connectivity index (χ4n) is 2.54. The second-order valence-corrected chi connectivity index (χ2v) is 11.5. The van der Waals surface area contributed by atoms with Crippen molar-refractivity contribution in [3.8, 4) is 0 Å². The first kappa shape index (κ1) is 21.3. The van der Waals surface area contributed by atoms with Gasteiger partial charge >= 0.3 is 129 Å². The molecule has 3 heteroatoms. The number of methoxy groups -OCH3 is 1. The molecule has 125 valence electrons. The summed E-state index contributed by atoms with van der Waals surface area (Å²) >= 11 is -1.12. The Kier molecular flexibility index (Phi) is 14.7. The number of unbranched alkanes of at least 4 members (excludes halogenated alkanes) is 2. The largest absolute Gasteiger partial charge is 0.400 e. The van der Waals surface area contributed by atoms with Crippen LogP contribution in [0.3, 0.4) is 0 Å². The SMILES string of the molecule is CCC[CH2][Ge]([CH2]CCC)[CH](/C=C\OC)c1ccccc1.CO. The molecule has 0 amide bonds. The van der Waals surface area contributed by atoms with Crippen LogP contribution < -0.4 is 0 Å². The number of aliphatic hydroxyl groups is 1. The number of allylic oxidation sites excluding steroid dienone is 1. The van der Waals surface area contributed by atoms with Gasteiger partial charge in [0.2, 0.25) is 0 Å². The fraction of sp³-hybridized carbons (Fsp3) is 0.579. The van der Waals surface area contributed by atoms with Gasteiger partial charge in [0.05, 0.1) is 0 Å². The third-order valence-electron chi connectivity index (χ3n) is 3.71. The van der Waals surface area contributed by atoms with Gasteiger partial charge in [0.15, 0.2) is 0 Å². The van der Waals surface area contributed by atoms with Gasteiger partial charge in [-0.2, -0.15) is 0 Å². The second kappa shape index (κ2) is 15.2. The van der Waals surface area contributed by atoms with Gasteiger partial charge in [-0.1, -0.05) is 0 Å². The third kappa shape index (κ3) is 8.64. The van der Waals surface area contributed by atoms with Crippen molar-refractivity contribution in [2.24, 2.45) is 0 Å². The molecule has 22 heavy (non-hydrogen) atoms. The molecular weight excluding hydrogens is 333 g/mol. The summed E-state index contributed by atoms with van der Waals surface area (Å²) in [4.78, 5) is 0. The van der Waals surface area contributed by atoms with Gasteiger partial charge < -0.3 is 5.11 Å². The topological polar surface area (TPSA) is 29.5 Å². The van der Waals surface area contributed by atoms with E-state index in [0.29, 0.717) is 4.75 Å². The summed E-state index contributed by atoms with van der Waals surface area (Å²) in [7, 11) is 2.75. The number of benzene rings is 1. The first-order chi connectivity index (χ1) is 10.8. The quantitative estimate of drug-likeness (QED) is 0.457. The van der Waals surface area contributed by atoms with Gasteiger partial charge in [0.1, 0.15) is 0 Å². The van der Waals surface area contributed by atoms with Crippen LogP contribution in [0, 0.1) is 0 Å². The molecule has 1 rings (SSSR count). The van der Waals surface area contributed by atoms with E-state index in [1.807, 2.05) is 6.26 Å². The molecule has 0 spiro atoms. The van der Waals surface area contributed by atoms with E-state index in [4.69, 9.17) is 9.84 Å². The number of aliphatic hydroxyl groups excluding tert-OH is 1. The summed E-state index contributed by atoms with van der Waals surface area (Å²) in [6.45, 7) is 4.61. The van der Waals surface area contributed by atoms with Gasteiger partial charge in [0, 0.05) is 7.11 Å². The Morgan fingerprint density at radius 1 is 1.05 bits per heavy atom. The molecule has 0 saturated heterocycles. The van der Waals surface area contributed by atoms with Gasteiger partial charge in [0.25, 0.3) is 0 Å². The zero-order valence-corrected chi connectivity index (χ0v) is 16.8. The Balaban J connectivity index is 0.00000211. The standard InChI is InChI=1S/C18H29GeO.CH4O/c1-4-6-14-19(15-7-5-2)18(13-16-20-3)17-11-9-8-10-12-17;1-2/h8-13,16,18H,4-7,14-15H2,1-3H3;2H,1H3/b16-13-;. The van der Waals surface area contributed by atoms with Crippen LogP contribution in [0.25, 0.3) is 0 Å². The predicted molar refractivity (Wildman–Crippen MR) is 98.7 cm³/mol. The third-order valence-corrected chi connectivity index (χ3v) is 10.8. The zero-order valence-electron chi connectivity index (χ0n) is 14.7. The smallest absolute Gasteiger partial charge is 0.0319 e. The molecule has 0 bridgehead atoms. The number of hydrogen-bond acceptors (Lipinski definition) is 2. The monoisotopic (exact) mass is 367 g/mol. The van der Waals surface area contributed by atoms with Crippen molar-refractivity contribution in [1.29, 1.82) is 0 Å². The van der Waals surface area contributed by atoms with Crippen LogP contribution in [0.5, 0.6) is 0 Å². The molecular formula is C19H33GeO2. The van der Waals surface area contributed by atoms with Crippen LogP contribution in [0.2, 0.25) is 10.5 Å². The second-order valence-electron chi connectivity index (χ2n) is 5.32. The Morgan fingerprint density at radius 3 is 2.05 bits per heavy atom. The van der Waals surface area contributed by atoms with Gasteiger partial charge in [-0.15, -0.1) is 0 Å². The van der Waals surface area contributed by atoms with Crippen LogP contribution in [-0.4, -0.2) is 33.7 Å². The van der Waals surface area contributed by atoms with Crippen LogP contribution in [0.4, 0.5) is 0 Å². The maximum Gasteiger partial charge on any atom is 0.0319 e. The summed E-state index contributed by atoms with van der Waals surface area (Å²) in [5.74, 6) is 0. The van der Waals surface area contributed by atoms with E-state index in [9.17, 15) is 0 Å². The van der Waals surface area contributed by atoms with Crippen molar-refractivity contribution in [2.45, 2.75) is 54.8 Å². The Morgan fingerprint density at radius 2 is 1.59 bits per heavy atom. The van der Waals surface area contributed by atoms with E-state index >= 15 is 0 Å². The van der Waals surface area contributed by atoms with Crippen LogP contribution in [0.15, 0.2) is 42.7 Å². The Labute approximate surface area is 141 Å². The summed E-state index contributed by atoms with van der Waals surface area (Å²) in [6.07, 6.45) is 9.63. The number of rotatable bonds is 10. The summed E-state index contributed by atoms with van der Waals surface area (Å²) in [5.41, 5.74) is 1.49. The van der Waals surface area contributed by atoms with E-state index in [0.717, 1.165) is 7.11 Å². The van der Waals surface area contributed by atoms with E-state index in [-0.39, 0.29) is 0 Å². The predicted octanol–water partition coefficient (Wildman–Crippen LogP) is 5.17. The Bertz CT molecular complexity index is 357. The average Bonchev–Trinajstić information content (AvgIpc) is 2.59. The van der Waals surface area contributed by atoms with E-state index in [1.165, 1.54) is 41.8 Å². The fourth-order valence-corrected chi connectivity index (χ4v) is 9.89. The maximum absolute atomic E-state index is 7.00. The first-order valence-corrected chi connectivity index (χ1v) is 12.5. The van der Waals surface area contributed by atoms with Gasteiger partial charge in [-0.05, 0) is 0 Å². The van der Waals surface area contributed by atoms with Crippen molar-refractivity contribution in [1.82, 2.24) is 0 Å². The molecule has 1 radical (unpaired) electrons. The summed E-state index contributed by atoms with van der Waals surface area (Å²) < 4.78 is 5.85. The molecule has 1 aromatic carbocycles. The molecule has 1 aromatic rings. The van der Waals surface area contributed by atoms with Gasteiger partial charge in [-0.25, -0.2) is 0 Å². The van der Waals surface area contributed by atoms with Crippen molar-refractivity contribution in [2.75, 3.05) is 14.2 Å². The van der Waals surface area contributed by atoms with Crippen LogP contribution >= 0.6 is 0 Å². The molecule has 1 unspecified atom stereocenters. The molecule has 0 heterocycles. The molecule has 2 nitrogen and oxygen atoms in total. The molecule has 1 atom stereocenters. The summed E-state index contributed by atoms with van der Waals surface area (Å²) in [5, 5.41) is 9.95. The molecule has 0 aliphatic heterocycles. The number of hydrogen-bond donors (Lipinski definition) is 1. The van der Waals surface area contributed by atoms with Crippen molar-refractivity contribution < 1.29 is 9.84 Å². The van der Waals surface area contributed by atoms with E-state index in [2.05, 4.69) is 50.3 Å². The molecule has 1 N–H and O–H groups in total. The number of ether oxygens (including phenoxy) is 1. The molecule has 0 aliphatic carbocycles. The molecule has 0 saturated carbocycles. The van der Waals surface area contributed by atoms with E-state index < -0.39 is 14.3 Å². The minimum absolute atomic E-state index is 0.647. The average molecular weight is 366 g/mol. The van der Waals surface area contributed by atoms with Crippen molar-refractivity contribution >= 4 is 14.3 Å². The van der Waals surface area contributed by atoms with Crippen LogP contribution in [0.1, 0.15) is 49.8 Å². The zero-order chi connectivity index (χ0) is 16.6. The van der Waals surface area contributed by atoms with Gasteiger partial charge in [-0.3, -0.25) is 0 Å². The van der Waals surface area contributed by atoms with Crippen molar-refractivity contribution in [3.05, 3.63) is 48.2 Å². The molecule has 0 aromatic heterocycles. The first-order valence-electron chi connectivity index (χ1n) is 8.37. The normalized spacial score (nSPS) is 12.1. The van der Waals surface area contributed by atoms with Crippen molar-refractivity contribution in [3.63, 3.8) is 0 Å². The Hall–Kier alpha value is -0.737. The molecule has 0 aliphatic rings. The minimum Gasteiger partial charge on any atom is -0.400 e. The maximum atomic E-state index is 7.00. The molecule has 0 fully saturated rings.